The first kappa shape index (κ1) is 26.4. The average Bonchev–Trinajstić information content (AvgIpc) is 2.85. The number of carboxylic acid groups (broad SMARTS) is 1. The summed E-state index contributed by atoms with van der Waals surface area (Å²) in [4.78, 5) is 46.6. The molecule has 0 aliphatic heterocycles. The third kappa shape index (κ3) is 6.50. The fourth-order valence-electron chi connectivity index (χ4n) is 5.06. The fraction of sp³-hybridized carbons (Fsp3) is 0.556. The summed E-state index contributed by atoms with van der Waals surface area (Å²) in [5.74, 6) is -0.252. The van der Waals surface area contributed by atoms with Crippen molar-refractivity contribution in [2.75, 3.05) is 7.11 Å². The highest BCUT2D eigenvalue weighted by Crippen LogP contribution is 2.31. The molecule has 4 rings (SSSR count). The second kappa shape index (κ2) is 12.0. The summed E-state index contributed by atoms with van der Waals surface area (Å²) in [6.45, 7) is 4.45. The highest BCUT2D eigenvalue weighted by Gasteiger charge is 2.23. The zero-order chi connectivity index (χ0) is 25.5. The molecule has 8 heteroatoms. The minimum atomic E-state index is -1.14. The molecule has 2 aromatic heterocycles. The topological polar surface area (TPSA) is 108 Å². The Morgan fingerprint density at radius 1 is 0.771 bits per heavy atom. The lowest BCUT2D eigenvalue weighted by molar-refractivity contribution is 0.0596. The van der Waals surface area contributed by atoms with Gasteiger partial charge in [-0.25, -0.2) is 9.59 Å². The second-order valence-corrected chi connectivity index (χ2v) is 9.89. The maximum atomic E-state index is 12.2. The quantitative estimate of drug-likeness (QED) is 0.631. The van der Waals surface area contributed by atoms with Crippen LogP contribution in [0, 0.1) is 11.8 Å². The van der Waals surface area contributed by atoms with E-state index in [2.05, 4.69) is 18.6 Å². The van der Waals surface area contributed by atoms with Crippen molar-refractivity contribution in [2.24, 2.45) is 11.8 Å². The molecule has 2 aliphatic rings. The molecule has 0 amide bonds. The number of hydrogen-bond donors (Lipinski definition) is 1. The number of aromatic carboxylic acids is 1. The Balaban J connectivity index is 0.000000196. The lowest BCUT2D eigenvalue weighted by Crippen LogP contribution is -2.31. The molecule has 0 aromatic carbocycles. The molecule has 0 spiro atoms. The molecule has 8 nitrogen and oxygen atoms in total. The Morgan fingerprint density at radius 2 is 1.17 bits per heavy atom. The van der Waals surface area contributed by atoms with Crippen molar-refractivity contribution >= 4 is 11.9 Å². The van der Waals surface area contributed by atoms with Crippen molar-refractivity contribution in [2.45, 2.75) is 77.3 Å². The summed E-state index contributed by atoms with van der Waals surface area (Å²) in [7, 11) is 1.29. The Bertz CT molecular complexity index is 1130. The van der Waals surface area contributed by atoms with Gasteiger partial charge in [-0.15, -0.1) is 0 Å². The Morgan fingerprint density at radius 3 is 1.57 bits per heavy atom. The van der Waals surface area contributed by atoms with Crippen LogP contribution in [0.3, 0.4) is 0 Å². The van der Waals surface area contributed by atoms with Crippen LogP contribution in [-0.2, 0) is 4.74 Å². The van der Waals surface area contributed by atoms with Crippen molar-refractivity contribution in [3.05, 3.63) is 68.5 Å². The number of ether oxygens (including phenoxy) is 1. The zero-order valence-corrected chi connectivity index (χ0v) is 20.8. The third-order valence-corrected chi connectivity index (χ3v) is 7.34. The molecule has 0 radical (unpaired) electrons. The van der Waals surface area contributed by atoms with Crippen LogP contribution < -0.4 is 11.1 Å². The first-order valence-corrected chi connectivity index (χ1v) is 12.5. The predicted octanol–water partition coefficient (Wildman–Crippen LogP) is 4.68. The van der Waals surface area contributed by atoms with Crippen LogP contribution in [0.25, 0.3) is 0 Å². The number of carbonyl (C=O) groups is 2. The number of esters is 1. The van der Waals surface area contributed by atoms with Gasteiger partial charge < -0.3 is 19.0 Å². The largest absolute Gasteiger partial charge is 0.477 e. The normalized spacial score (nSPS) is 24.1. The summed E-state index contributed by atoms with van der Waals surface area (Å²) in [5, 5.41) is 8.92. The number of hydrogen-bond acceptors (Lipinski definition) is 5. The van der Waals surface area contributed by atoms with Gasteiger partial charge in [0, 0.05) is 24.5 Å². The summed E-state index contributed by atoms with van der Waals surface area (Å²) < 4.78 is 7.91. The van der Waals surface area contributed by atoms with Gasteiger partial charge in [-0.2, -0.15) is 0 Å². The van der Waals surface area contributed by atoms with E-state index in [0.29, 0.717) is 5.92 Å². The summed E-state index contributed by atoms with van der Waals surface area (Å²) >= 11 is 0. The molecule has 0 saturated heterocycles. The van der Waals surface area contributed by atoms with Crippen molar-refractivity contribution in [1.82, 2.24) is 9.13 Å². The number of pyridine rings is 2. The Labute approximate surface area is 205 Å². The second-order valence-electron chi connectivity index (χ2n) is 9.89. The number of methoxy groups -OCH3 is 1. The molecule has 2 saturated carbocycles. The van der Waals surface area contributed by atoms with Gasteiger partial charge in [0.15, 0.2) is 0 Å². The molecule has 2 aliphatic carbocycles. The van der Waals surface area contributed by atoms with Crippen LogP contribution in [0.15, 0.2) is 46.2 Å². The molecule has 1 N–H and O–H groups in total. The van der Waals surface area contributed by atoms with E-state index < -0.39 is 11.9 Å². The van der Waals surface area contributed by atoms with Crippen molar-refractivity contribution in [3.8, 4) is 0 Å². The number of nitrogens with zero attached hydrogens (tertiary/aromatic N) is 2. The summed E-state index contributed by atoms with van der Waals surface area (Å²) in [5.41, 5.74) is -0.617. The molecular formula is C27H36N2O6. The van der Waals surface area contributed by atoms with Crippen LogP contribution in [-0.4, -0.2) is 33.3 Å². The summed E-state index contributed by atoms with van der Waals surface area (Å²) in [6.07, 6.45) is 11.9. The monoisotopic (exact) mass is 484 g/mol. The van der Waals surface area contributed by atoms with E-state index >= 15 is 0 Å². The first-order valence-electron chi connectivity index (χ1n) is 12.5. The predicted molar refractivity (Wildman–Crippen MR) is 133 cm³/mol. The van der Waals surface area contributed by atoms with E-state index in [4.69, 9.17) is 5.11 Å². The minimum absolute atomic E-state index is 0.124. The molecule has 2 heterocycles. The smallest absolute Gasteiger partial charge is 0.343 e. The zero-order valence-electron chi connectivity index (χ0n) is 20.8. The van der Waals surface area contributed by atoms with Crippen LogP contribution in [0.4, 0.5) is 0 Å². The number of carbonyl (C=O) groups excluding carboxylic acids is 1. The first-order chi connectivity index (χ1) is 16.7. The highest BCUT2D eigenvalue weighted by molar-refractivity contribution is 5.88. The van der Waals surface area contributed by atoms with E-state index in [1.54, 1.807) is 33.7 Å². The van der Waals surface area contributed by atoms with E-state index in [-0.39, 0.29) is 34.3 Å². The lowest BCUT2D eigenvalue weighted by atomic mass is 9.87. The Kier molecular flexibility index (Phi) is 9.07. The van der Waals surface area contributed by atoms with Gasteiger partial charge >= 0.3 is 11.9 Å². The van der Waals surface area contributed by atoms with Gasteiger partial charge in [0.1, 0.15) is 11.1 Å². The van der Waals surface area contributed by atoms with Crippen LogP contribution in [0.2, 0.25) is 0 Å². The van der Waals surface area contributed by atoms with Crippen LogP contribution in [0.1, 0.15) is 98.0 Å². The lowest BCUT2D eigenvalue weighted by Gasteiger charge is -2.27. The molecule has 0 atom stereocenters. The molecular weight excluding hydrogens is 448 g/mol. The van der Waals surface area contributed by atoms with Gasteiger partial charge in [0.05, 0.1) is 7.11 Å². The number of aromatic nitrogens is 2. The van der Waals surface area contributed by atoms with E-state index in [0.717, 1.165) is 57.3 Å². The SMILES string of the molecule is CC1CCC(n2cccc(C(=O)O)c2=O)CC1.COC(=O)c1cccn(C2CCC(C)CC2)c1=O. The van der Waals surface area contributed by atoms with Crippen molar-refractivity contribution in [1.29, 1.82) is 0 Å². The van der Waals surface area contributed by atoms with E-state index in [1.807, 2.05) is 0 Å². The van der Waals surface area contributed by atoms with Gasteiger partial charge in [0.2, 0.25) is 0 Å². The van der Waals surface area contributed by atoms with Gasteiger partial charge in [-0.1, -0.05) is 13.8 Å². The van der Waals surface area contributed by atoms with Crippen LogP contribution >= 0.6 is 0 Å². The van der Waals surface area contributed by atoms with Gasteiger partial charge in [-0.05, 0) is 87.5 Å². The minimum Gasteiger partial charge on any atom is -0.477 e. The average molecular weight is 485 g/mol. The Hall–Kier alpha value is -3.16. The number of carboxylic acids is 1. The van der Waals surface area contributed by atoms with Crippen molar-refractivity contribution < 1.29 is 19.4 Å². The van der Waals surface area contributed by atoms with Gasteiger partial charge in [-0.3, -0.25) is 9.59 Å². The number of rotatable bonds is 4. The fourth-order valence-corrected chi connectivity index (χ4v) is 5.06. The molecule has 2 aromatic rings. The van der Waals surface area contributed by atoms with E-state index in [9.17, 15) is 19.2 Å². The molecule has 190 valence electrons. The summed E-state index contributed by atoms with van der Waals surface area (Å²) in [6, 6.07) is 6.66. The maximum absolute atomic E-state index is 12.2. The highest BCUT2D eigenvalue weighted by atomic mass is 16.5. The van der Waals surface area contributed by atoms with Crippen LogP contribution in [0.5, 0.6) is 0 Å². The molecule has 2 fully saturated rings. The third-order valence-electron chi connectivity index (χ3n) is 7.34. The molecule has 35 heavy (non-hydrogen) atoms. The van der Waals surface area contributed by atoms with E-state index in [1.165, 1.54) is 19.2 Å². The standard InChI is InChI=1S/C14H19NO3.C13H17NO3/c1-10-5-7-11(8-6-10)15-9-3-4-12(13(15)16)14(17)18-2;1-9-4-6-10(7-5-9)14-8-2-3-11(12(14)15)13(16)17/h3-4,9-11H,5-8H2,1-2H3;2-3,8-10H,4-7H2,1H3,(H,16,17). The maximum Gasteiger partial charge on any atom is 0.343 e. The van der Waals surface area contributed by atoms with Gasteiger partial charge in [0.25, 0.3) is 11.1 Å². The molecule has 0 bridgehead atoms. The molecule has 0 unspecified atom stereocenters. The van der Waals surface area contributed by atoms with Crippen molar-refractivity contribution in [3.63, 3.8) is 0 Å².